The first-order chi connectivity index (χ1) is 14.6. The highest BCUT2D eigenvalue weighted by Crippen LogP contribution is 2.31. The van der Waals surface area contributed by atoms with Gasteiger partial charge in [-0.3, -0.25) is 4.79 Å². The van der Waals surface area contributed by atoms with E-state index < -0.39 is 11.6 Å². The van der Waals surface area contributed by atoms with Crippen LogP contribution in [0.25, 0.3) is 11.0 Å². The normalized spacial score (nSPS) is 10.8. The van der Waals surface area contributed by atoms with E-state index in [2.05, 4.69) is 0 Å². The third-order valence-corrected chi connectivity index (χ3v) is 4.45. The summed E-state index contributed by atoms with van der Waals surface area (Å²) in [7, 11) is 1.50. The lowest BCUT2D eigenvalue weighted by Gasteiger charge is -2.10. The molecule has 5 nitrogen and oxygen atoms in total. The fourth-order valence-corrected chi connectivity index (χ4v) is 2.90. The molecule has 0 unspecified atom stereocenters. The van der Waals surface area contributed by atoms with Gasteiger partial charge in [0.2, 0.25) is 11.2 Å². The van der Waals surface area contributed by atoms with Crippen molar-refractivity contribution < 1.29 is 27.4 Å². The van der Waals surface area contributed by atoms with Gasteiger partial charge >= 0.3 is 0 Å². The van der Waals surface area contributed by atoms with E-state index in [9.17, 15) is 13.6 Å². The SMILES string of the molecule is COc1ccccc1Oc1coc2cc(OCc3c(F)cccc3F)ccc2c1=O. The van der Waals surface area contributed by atoms with Gasteiger partial charge in [0.25, 0.3) is 0 Å². The lowest BCUT2D eigenvalue weighted by molar-refractivity contribution is 0.292. The molecule has 3 aromatic carbocycles. The summed E-state index contributed by atoms with van der Waals surface area (Å²) in [5.74, 6) is -0.249. The lowest BCUT2D eigenvalue weighted by atomic mass is 10.2. The molecule has 7 heteroatoms. The minimum absolute atomic E-state index is 0.00547. The molecule has 0 radical (unpaired) electrons. The number of para-hydroxylation sites is 2. The van der Waals surface area contributed by atoms with Crippen LogP contribution in [0.1, 0.15) is 5.56 Å². The Kier molecular flexibility index (Phi) is 5.34. The molecule has 152 valence electrons. The van der Waals surface area contributed by atoms with Crippen molar-refractivity contribution >= 4 is 11.0 Å². The van der Waals surface area contributed by atoms with Gasteiger partial charge in [-0.05, 0) is 36.4 Å². The molecular weight excluding hydrogens is 394 g/mol. The predicted octanol–water partition coefficient (Wildman–Crippen LogP) is 5.45. The number of fused-ring (bicyclic) bond motifs is 1. The van der Waals surface area contributed by atoms with Crippen molar-refractivity contribution in [3.8, 4) is 23.0 Å². The highest BCUT2D eigenvalue weighted by Gasteiger charge is 2.13. The number of hydrogen-bond acceptors (Lipinski definition) is 5. The van der Waals surface area contributed by atoms with E-state index in [0.717, 1.165) is 12.1 Å². The molecule has 4 rings (SSSR count). The fourth-order valence-electron chi connectivity index (χ4n) is 2.90. The minimum atomic E-state index is -0.694. The molecule has 0 atom stereocenters. The molecule has 0 amide bonds. The molecule has 4 aromatic rings. The maximum absolute atomic E-state index is 13.7. The van der Waals surface area contributed by atoms with Crippen LogP contribution in [-0.4, -0.2) is 7.11 Å². The van der Waals surface area contributed by atoms with Crippen LogP contribution in [-0.2, 0) is 6.61 Å². The predicted molar refractivity (Wildman–Crippen MR) is 106 cm³/mol. The first-order valence-electron chi connectivity index (χ1n) is 8.99. The Labute approximate surface area is 170 Å². The summed E-state index contributed by atoms with van der Waals surface area (Å²) in [6, 6.07) is 15.0. The van der Waals surface area contributed by atoms with Crippen LogP contribution in [0.2, 0.25) is 0 Å². The molecule has 0 aliphatic carbocycles. The van der Waals surface area contributed by atoms with Crippen LogP contribution in [0.4, 0.5) is 8.78 Å². The molecule has 0 spiro atoms. The van der Waals surface area contributed by atoms with Crippen molar-refractivity contribution in [2.24, 2.45) is 0 Å². The van der Waals surface area contributed by atoms with Crippen molar-refractivity contribution in [1.29, 1.82) is 0 Å². The molecule has 30 heavy (non-hydrogen) atoms. The van der Waals surface area contributed by atoms with Crippen LogP contribution in [0.3, 0.4) is 0 Å². The molecule has 1 aromatic heterocycles. The quantitative estimate of drug-likeness (QED) is 0.423. The summed E-state index contributed by atoms with van der Waals surface area (Å²) in [6.07, 6.45) is 1.19. The fraction of sp³-hybridized carbons (Fsp3) is 0.0870. The highest BCUT2D eigenvalue weighted by atomic mass is 19.1. The second kappa shape index (κ2) is 8.24. The van der Waals surface area contributed by atoms with Crippen molar-refractivity contribution in [3.05, 3.63) is 94.3 Å². The van der Waals surface area contributed by atoms with E-state index >= 15 is 0 Å². The maximum Gasteiger partial charge on any atom is 0.235 e. The van der Waals surface area contributed by atoms with Crippen LogP contribution in [0.5, 0.6) is 23.0 Å². The van der Waals surface area contributed by atoms with E-state index in [1.54, 1.807) is 24.3 Å². The third-order valence-electron chi connectivity index (χ3n) is 4.45. The second-order valence-corrected chi connectivity index (χ2v) is 6.33. The number of benzene rings is 3. The summed E-state index contributed by atoms with van der Waals surface area (Å²) in [5.41, 5.74) is -0.313. The van der Waals surface area contributed by atoms with Gasteiger partial charge in [-0.25, -0.2) is 8.78 Å². The summed E-state index contributed by atoms with van der Waals surface area (Å²) < 4.78 is 49.3. The highest BCUT2D eigenvalue weighted by molar-refractivity contribution is 5.79. The molecule has 0 bridgehead atoms. The number of methoxy groups -OCH3 is 1. The number of hydrogen-bond donors (Lipinski definition) is 0. The molecule has 0 fully saturated rings. The zero-order valence-electron chi connectivity index (χ0n) is 15.9. The van der Waals surface area contributed by atoms with E-state index in [0.29, 0.717) is 17.2 Å². The summed E-state index contributed by atoms with van der Waals surface area (Å²) in [6.45, 7) is -0.302. The topological polar surface area (TPSA) is 57.9 Å². The number of halogens is 2. The summed E-state index contributed by atoms with van der Waals surface area (Å²) >= 11 is 0. The molecule has 0 N–H and O–H groups in total. The molecule has 0 aliphatic heterocycles. The Bertz CT molecular complexity index is 1250. The first-order valence-corrected chi connectivity index (χ1v) is 8.99. The minimum Gasteiger partial charge on any atom is -0.493 e. The van der Waals surface area contributed by atoms with Crippen LogP contribution in [0, 0.1) is 11.6 Å². The van der Waals surface area contributed by atoms with E-state index in [-0.39, 0.29) is 34.3 Å². The van der Waals surface area contributed by atoms with Crippen LogP contribution < -0.4 is 19.6 Å². The average molecular weight is 410 g/mol. The van der Waals surface area contributed by atoms with Gasteiger partial charge in [0.15, 0.2) is 11.5 Å². The maximum atomic E-state index is 13.7. The molecule has 1 heterocycles. The van der Waals surface area contributed by atoms with Crippen molar-refractivity contribution in [2.75, 3.05) is 7.11 Å². The Morgan fingerprint density at radius 1 is 0.900 bits per heavy atom. The van der Waals surface area contributed by atoms with Gasteiger partial charge < -0.3 is 18.6 Å². The van der Waals surface area contributed by atoms with Gasteiger partial charge in [-0.1, -0.05) is 18.2 Å². The first kappa shape index (κ1) is 19.4. The second-order valence-electron chi connectivity index (χ2n) is 6.33. The summed E-state index contributed by atoms with van der Waals surface area (Å²) in [4.78, 5) is 12.7. The van der Waals surface area contributed by atoms with Gasteiger partial charge in [-0.15, -0.1) is 0 Å². The van der Waals surface area contributed by atoms with Gasteiger partial charge in [0, 0.05) is 6.07 Å². The van der Waals surface area contributed by atoms with Crippen molar-refractivity contribution in [1.82, 2.24) is 0 Å². The largest absolute Gasteiger partial charge is 0.493 e. The van der Waals surface area contributed by atoms with Crippen molar-refractivity contribution in [2.45, 2.75) is 6.61 Å². The lowest BCUT2D eigenvalue weighted by Crippen LogP contribution is -2.06. The zero-order valence-corrected chi connectivity index (χ0v) is 15.9. The van der Waals surface area contributed by atoms with E-state index in [4.69, 9.17) is 18.6 Å². The van der Waals surface area contributed by atoms with Gasteiger partial charge in [0.1, 0.15) is 35.8 Å². The van der Waals surface area contributed by atoms with Crippen LogP contribution in [0.15, 0.2) is 76.1 Å². The number of rotatable bonds is 6. The zero-order chi connectivity index (χ0) is 21.1. The molecule has 0 saturated carbocycles. The van der Waals surface area contributed by atoms with Gasteiger partial charge in [0.05, 0.1) is 18.1 Å². The molecule has 0 aliphatic rings. The monoisotopic (exact) mass is 410 g/mol. The third kappa shape index (κ3) is 3.82. The Hall–Kier alpha value is -3.87. The van der Waals surface area contributed by atoms with Gasteiger partial charge in [-0.2, -0.15) is 0 Å². The number of ether oxygens (including phenoxy) is 3. The Morgan fingerprint density at radius 3 is 2.37 bits per heavy atom. The summed E-state index contributed by atoms with van der Waals surface area (Å²) in [5, 5.41) is 0.270. The van der Waals surface area contributed by atoms with Crippen LogP contribution >= 0.6 is 0 Å². The average Bonchev–Trinajstić information content (AvgIpc) is 2.75. The van der Waals surface area contributed by atoms with Crippen molar-refractivity contribution in [3.63, 3.8) is 0 Å². The Morgan fingerprint density at radius 2 is 1.63 bits per heavy atom. The Balaban J connectivity index is 1.59. The van der Waals surface area contributed by atoms with E-state index in [1.807, 2.05) is 0 Å². The standard InChI is InChI=1S/C23H16F2O5/c1-27-19-7-2-3-8-20(19)30-22-13-29-21-11-14(9-10-15(21)23(22)26)28-12-16-17(24)5-4-6-18(16)25/h2-11,13H,12H2,1H3. The molecular formula is C23H16F2O5. The smallest absolute Gasteiger partial charge is 0.235 e. The molecule has 0 saturated heterocycles. The van der Waals surface area contributed by atoms with E-state index in [1.165, 1.54) is 37.6 Å².